The molecule has 0 radical (unpaired) electrons. The van der Waals surface area contributed by atoms with Crippen LogP contribution in [0.3, 0.4) is 0 Å². The van der Waals surface area contributed by atoms with Gasteiger partial charge >= 0.3 is 5.97 Å². The Kier molecular flexibility index (Phi) is 4.92. The van der Waals surface area contributed by atoms with E-state index in [1.807, 2.05) is 0 Å². The number of carbonyl (C=O) groups excluding carboxylic acids is 1. The molecule has 12 heavy (non-hydrogen) atoms. The van der Waals surface area contributed by atoms with Crippen LogP contribution in [-0.2, 0) is 9.53 Å². The monoisotopic (exact) mass is 206 g/mol. The second kappa shape index (κ2) is 5.75. The van der Waals surface area contributed by atoms with Crippen molar-refractivity contribution in [1.29, 1.82) is 0 Å². The van der Waals surface area contributed by atoms with Crippen molar-refractivity contribution in [3.05, 3.63) is 0 Å². The lowest BCUT2D eigenvalue weighted by atomic mass is 10.2. The zero-order valence-electron chi connectivity index (χ0n) is 7.25. The van der Waals surface area contributed by atoms with Crippen LogP contribution in [0.1, 0.15) is 32.6 Å². The van der Waals surface area contributed by atoms with E-state index in [1.165, 1.54) is 0 Å². The number of hydrogen-bond donors (Lipinski definition) is 0. The summed E-state index contributed by atoms with van der Waals surface area (Å²) in [4.78, 5) is 11.1. The Labute approximate surface area is 81.2 Å². The van der Waals surface area contributed by atoms with E-state index in [9.17, 15) is 4.79 Å². The molecule has 0 N–H and O–H groups in total. The summed E-state index contributed by atoms with van der Waals surface area (Å²) in [6.45, 7) is 2.08. The Balaban J connectivity index is 2.08. The number of hydrogen-bond acceptors (Lipinski definition) is 4. The quantitative estimate of drug-likeness (QED) is 0.522. The van der Waals surface area contributed by atoms with Gasteiger partial charge in [0.25, 0.3) is 0 Å². The van der Waals surface area contributed by atoms with E-state index in [0.29, 0.717) is 6.42 Å². The third kappa shape index (κ3) is 3.72. The van der Waals surface area contributed by atoms with Crippen LogP contribution in [0.4, 0.5) is 0 Å². The van der Waals surface area contributed by atoms with E-state index in [0.717, 1.165) is 25.0 Å². The normalized spacial score (nSPS) is 22.6. The topological polar surface area (TPSA) is 26.3 Å². The van der Waals surface area contributed by atoms with Gasteiger partial charge in [0.1, 0.15) is 0 Å². The van der Waals surface area contributed by atoms with E-state index in [2.05, 4.69) is 6.92 Å². The van der Waals surface area contributed by atoms with Gasteiger partial charge in [0, 0.05) is 18.6 Å². The molecule has 1 aliphatic heterocycles. The van der Waals surface area contributed by atoms with Crippen LogP contribution in [-0.4, -0.2) is 17.2 Å². The fraction of sp³-hybridized carbons (Fsp3) is 0.875. The first-order valence-electron chi connectivity index (χ1n) is 4.30. The summed E-state index contributed by atoms with van der Waals surface area (Å²) in [6.07, 6.45) is 3.59. The fourth-order valence-electron chi connectivity index (χ4n) is 0.922. The number of ether oxygens (including phenoxy) is 1. The smallest absolute Gasteiger partial charge is 0.306 e. The molecule has 1 aliphatic rings. The summed E-state index contributed by atoms with van der Waals surface area (Å²) in [6, 6.07) is 0. The summed E-state index contributed by atoms with van der Waals surface area (Å²) in [5.41, 5.74) is 0.124. The SMILES string of the molecule is CCCCC(=O)OC1CCSS1. The Hall–Kier alpha value is 0.170. The molecule has 1 fully saturated rings. The number of rotatable bonds is 4. The second-order valence-electron chi connectivity index (χ2n) is 2.73. The van der Waals surface area contributed by atoms with E-state index in [1.54, 1.807) is 21.6 Å². The molecule has 0 bridgehead atoms. The van der Waals surface area contributed by atoms with Crippen LogP contribution in [0.5, 0.6) is 0 Å². The zero-order chi connectivity index (χ0) is 8.81. The van der Waals surface area contributed by atoms with Crippen molar-refractivity contribution >= 4 is 27.6 Å². The average molecular weight is 206 g/mol. The molecule has 1 rings (SSSR count). The van der Waals surface area contributed by atoms with Gasteiger partial charge in [0.05, 0.1) is 0 Å². The van der Waals surface area contributed by atoms with E-state index < -0.39 is 0 Å². The standard InChI is InChI=1S/C8H14O2S2/c1-2-3-4-7(9)10-8-5-6-11-12-8/h8H,2-6H2,1H3. The van der Waals surface area contributed by atoms with E-state index >= 15 is 0 Å². The molecule has 0 aromatic carbocycles. The average Bonchev–Trinajstić information content (AvgIpc) is 2.53. The Morgan fingerprint density at radius 2 is 2.50 bits per heavy atom. The molecular formula is C8H14O2S2. The van der Waals surface area contributed by atoms with Crippen molar-refractivity contribution in [3.63, 3.8) is 0 Å². The van der Waals surface area contributed by atoms with Gasteiger partial charge in [-0.1, -0.05) is 24.1 Å². The minimum Gasteiger partial charge on any atom is -0.450 e. The molecule has 0 amide bonds. The van der Waals surface area contributed by atoms with Crippen LogP contribution >= 0.6 is 21.6 Å². The van der Waals surface area contributed by atoms with Crippen molar-refractivity contribution < 1.29 is 9.53 Å². The highest BCUT2D eigenvalue weighted by Crippen LogP contribution is 2.38. The molecule has 1 atom stereocenters. The molecular weight excluding hydrogens is 192 g/mol. The predicted octanol–water partition coefficient (Wildman–Crippen LogP) is 2.83. The van der Waals surface area contributed by atoms with Crippen molar-refractivity contribution in [3.8, 4) is 0 Å². The fourth-order valence-corrected chi connectivity index (χ4v) is 3.43. The first-order chi connectivity index (χ1) is 5.83. The molecule has 2 nitrogen and oxygen atoms in total. The molecule has 0 aliphatic carbocycles. The summed E-state index contributed by atoms with van der Waals surface area (Å²) in [5, 5.41) is 0. The number of unbranched alkanes of at least 4 members (excludes halogenated alkanes) is 1. The van der Waals surface area contributed by atoms with Crippen molar-refractivity contribution in [2.24, 2.45) is 0 Å². The molecule has 0 aromatic heterocycles. The van der Waals surface area contributed by atoms with Gasteiger partial charge in [-0.3, -0.25) is 4.79 Å². The Morgan fingerprint density at radius 3 is 3.08 bits per heavy atom. The molecule has 0 aromatic rings. The Bertz CT molecular complexity index is 144. The third-order valence-electron chi connectivity index (χ3n) is 1.61. The lowest BCUT2D eigenvalue weighted by Gasteiger charge is -2.08. The summed E-state index contributed by atoms with van der Waals surface area (Å²) >= 11 is 0. The van der Waals surface area contributed by atoms with Gasteiger partial charge in [-0.2, -0.15) is 0 Å². The maximum absolute atomic E-state index is 11.1. The molecule has 1 heterocycles. The van der Waals surface area contributed by atoms with Crippen LogP contribution < -0.4 is 0 Å². The van der Waals surface area contributed by atoms with Gasteiger partial charge in [-0.25, -0.2) is 0 Å². The highest BCUT2D eigenvalue weighted by Gasteiger charge is 2.19. The van der Waals surface area contributed by atoms with Crippen molar-refractivity contribution in [2.45, 2.75) is 38.0 Å². The number of esters is 1. The third-order valence-corrected chi connectivity index (χ3v) is 4.25. The summed E-state index contributed by atoms with van der Waals surface area (Å²) in [7, 11) is 3.47. The van der Waals surface area contributed by atoms with Crippen LogP contribution in [0.15, 0.2) is 0 Å². The van der Waals surface area contributed by atoms with Crippen LogP contribution in [0, 0.1) is 0 Å². The highest BCUT2D eigenvalue weighted by atomic mass is 33.1. The van der Waals surface area contributed by atoms with Gasteiger partial charge in [0.2, 0.25) is 0 Å². The van der Waals surface area contributed by atoms with Gasteiger partial charge in [-0.15, -0.1) is 0 Å². The second-order valence-corrected chi connectivity index (χ2v) is 5.38. The van der Waals surface area contributed by atoms with Gasteiger partial charge in [0.15, 0.2) is 5.44 Å². The van der Waals surface area contributed by atoms with Crippen LogP contribution in [0.2, 0.25) is 0 Å². The molecule has 1 unspecified atom stereocenters. The number of carbonyl (C=O) groups is 1. The predicted molar refractivity (Wildman–Crippen MR) is 54.1 cm³/mol. The molecule has 4 heteroatoms. The first kappa shape index (κ1) is 10.3. The molecule has 1 saturated heterocycles. The lowest BCUT2D eigenvalue weighted by Crippen LogP contribution is -2.11. The lowest BCUT2D eigenvalue weighted by molar-refractivity contribution is -0.145. The van der Waals surface area contributed by atoms with Gasteiger partial charge in [-0.05, 0) is 17.2 Å². The largest absolute Gasteiger partial charge is 0.450 e. The van der Waals surface area contributed by atoms with Gasteiger partial charge < -0.3 is 4.74 Å². The summed E-state index contributed by atoms with van der Waals surface area (Å²) < 4.78 is 5.22. The summed E-state index contributed by atoms with van der Waals surface area (Å²) in [5.74, 6) is 1.08. The maximum atomic E-state index is 11.1. The maximum Gasteiger partial charge on any atom is 0.306 e. The first-order valence-corrected chi connectivity index (χ1v) is 6.69. The minimum atomic E-state index is -0.0307. The Morgan fingerprint density at radius 1 is 1.67 bits per heavy atom. The van der Waals surface area contributed by atoms with Crippen molar-refractivity contribution in [2.75, 3.05) is 5.75 Å². The highest BCUT2D eigenvalue weighted by molar-refractivity contribution is 8.77. The van der Waals surface area contributed by atoms with E-state index in [-0.39, 0.29) is 11.4 Å². The molecule has 0 spiro atoms. The van der Waals surface area contributed by atoms with E-state index in [4.69, 9.17) is 4.74 Å². The van der Waals surface area contributed by atoms with Crippen LogP contribution in [0.25, 0.3) is 0 Å². The minimum absolute atomic E-state index is 0.0307. The molecule has 70 valence electrons. The zero-order valence-corrected chi connectivity index (χ0v) is 8.88. The molecule has 0 saturated carbocycles. The van der Waals surface area contributed by atoms with Crippen molar-refractivity contribution in [1.82, 2.24) is 0 Å².